The number of aromatic nitrogens is 1. The molecule has 1 aromatic carbocycles. The summed E-state index contributed by atoms with van der Waals surface area (Å²) in [6, 6.07) is 6.47. The molecule has 0 spiro atoms. The van der Waals surface area contributed by atoms with Crippen LogP contribution >= 0.6 is 11.6 Å². The standard InChI is InChI=1S/C13H5ClF4N2O/c14-9-2-4-12(20-11(9)6-19)21-7-1-3-10(15)8(5-7)13(16,17)18/h1-5H. The Morgan fingerprint density at radius 1 is 1.19 bits per heavy atom. The molecule has 0 saturated carbocycles. The van der Waals surface area contributed by atoms with E-state index in [-0.39, 0.29) is 22.3 Å². The second-order valence-corrected chi connectivity index (χ2v) is 4.24. The van der Waals surface area contributed by atoms with Gasteiger partial charge in [0, 0.05) is 6.07 Å². The van der Waals surface area contributed by atoms with Crippen LogP contribution in [0.25, 0.3) is 0 Å². The summed E-state index contributed by atoms with van der Waals surface area (Å²) in [5.74, 6) is -1.80. The summed E-state index contributed by atoms with van der Waals surface area (Å²) in [6.45, 7) is 0. The van der Waals surface area contributed by atoms with Gasteiger partial charge in [-0.25, -0.2) is 9.37 Å². The Hall–Kier alpha value is -2.33. The Balaban J connectivity index is 2.35. The summed E-state index contributed by atoms with van der Waals surface area (Å²) in [6.07, 6.45) is -4.84. The van der Waals surface area contributed by atoms with Crippen LogP contribution in [-0.4, -0.2) is 4.98 Å². The molecule has 2 aromatic rings. The van der Waals surface area contributed by atoms with Crippen LogP contribution in [0.3, 0.4) is 0 Å². The summed E-state index contributed by atoms with van der Waals surface area (Å²) >= 11 is 5.67. The van der Waals surface area contributed by atoms with Crippen molar-refractivity contribution >= 4 is 11.6 Å². The van der Waals surface area contributed by atoms with Crippen LogP contribution in [0, 0.1) is 17.1 Å². The fraction of sp³-hybridized carbons (Fsp3) is 0.0769. The normalized spacial score (nSPS) is 11.0. The average molecular weight is 317 g/mol. The third-order valence-corrected chi connectivity index (χ3v) is 2.70. The van der Waals surface area contributed by atoms with Crippen molar-refractivity contribution in [1.82, 2.24) is 4.98 Å². The van der Waals surface area contributed by atoms with Crippen molar-refractivity contribution in [3.8, 4) is 17.7 Å². The summed E-state index contributed by atoms with van der Waals surface area (Å²) in [5, 5.41) is 8.83. The van der Waals surface area contributed by atoms with Gasteiger partial charge in [0.2, 0.25) is 5.88 Å². The van der Waals surface area contributed by atoms with E-state index in [4.69, 9.17) is 21.6 Å². The monoisotopic (exact) mass is 316 g/mol. The molecular weight excluding hydrogens is 312 g/mol. The summed E-state index contributed by atoms with van der Waals surface area (Å²) < 4.78 is 55.9. The van der Waals surface area contributed by atoms with Crippen molar-refractivity contribution in [2.24, 2.45) is 0 Å². The predicted octanol–water partition coefficient (Wildman–Crippen LogP) is 4.56. The van der Waals surface area contributed by atoms with Crippen LogP contribution in [0.2, 0.25) is 5.02 Å². The maximum Gasteiger partial charge on any atom is 0.419 e. The van der Waals surface area contributed by atoms with Gasteiger partial charge in [0.25, 0.3) is 0 Å². The number of halogens is 5. The molecule has 108 valence electrons. The Labute approximate surface area is 121 Å². The summed E-state index contributed by atoms with van der Waals surface area (Å²) in [7, 11) is 0. The molecule has 0 atom stereocenters. The molecule has 2 rings (SSSR count). The quantitative estimate of drug-likeness (QED) is 0.763. The van der Waals surface area contributed by atoms with E-state index in [9.17, 15) is 17.6 Å². The first-order valence-corrected chi connectivity index (χ1v) is 5.80. The maximum absolute atomic E-state index is 13.1. The SMILES string of the molecule is N#Cc1nc(Oc2ccc(F)c(C(F)(F)F)c2)ccc1Cl. The van der Waals surface area contributed by atoms with Gasteiger partial charge in [-0.1, -0.05) is 11.6 Å². The van der Waals surface area contributed by atoms with Crippen LogP contribution < -0.4 is 4.74 Å². The fourth-order valence-corrected chi connectivity index (χ4v) is 1.61. The molecule has 0 fully saturated rings. The van der Waals surface area contributed by atoms with Crippen LogP contribution in [0.15, 0.2) is 30.3 Å². The van der Waals surface area contributed by atoms with Gasteiger partial charge in [0.1, 0.15) is 17.6 Å². The minimum atomic E-state index is -4.84. The Morgan fingerprint density at radius 3 is 2.52 bits per heavy atom. The van der Waals surface area contributed by atoms with E-state index in [0.29, 0.717) is 12.1 Å². The molecule has 0 bridgehead atoms. The minimum Gasteiger partial charge on any atom is -0.439 e. The van der Waals surface area contributed by atoms with Gasteiger partial charge in [-0.05, 0) is 24.3 Å². The fourth-order valence-electron chi connectivity index (χ4n) is 1.47. The zero-order valence-corrected chi connectivity index (χ0v) is 10.8. The lowest BCUT2D eigenvalue weighted by Gasteiger charge is -2.10. The number of nitrogens with zero attached hydrogens (tertiary/aromatic N) is 2. The van der Waals surface area contributed by atoms with Gasteiger partial charge < -0.3 is 4.74 Å². The van der Waals surface area contributed by atoms with Crippen LogP contribution in [0.5, 0.6) is 11.6 Å². The van der Waals surface area contributed by atoms with Crippen LogP contribution in [-0.2, 0) is 6.18 Å². The number of rotatable bonds is 2. The first-order chi connectivity index (χ1) is 9.81. The second kappa shape index (κ2) is 5.58. The van der Waals surface area contributed by atoms with Crippen molar-refractivity contribution in [3.63, 3.8) is 0 Å². The molecule has 0 saturated heterocycles. The molecule has 0 aliphatic rings. The number of benzene rings is 1. The lowest BCUT2D eigenvalue weighted by molar-refractivity contribution is -0.140. The van der Waals surface area contributed by atoms with Crippen molar-refractivity contribution in [2.75, 3.05) is 0 Å². The van der Waals surface area contributed by atoms with Gasteiger partial charge in [-0.2, -0.15) is 18.4 Å². The molecule has 1 heterocycles. The van der Waals surface area contributed by atoms with Gasteiger partial charge in [-0.15, -0.1) is 0 Å². The average Bonchev–Trinajstić information content (AvgIpc) is 2.42. The highest BCUT2D eigenvalue weighted by Gasteiger charge is 2.34. The van der Waals surface area contributed by atoms with E-state index in [2.05, 4.69) is 4.98 Å². The molecule has 0 aliphatic carbocycles. The molecule has 1 aromatic heterocycles. The van der Waals surface area contributed by atoms with Crippen LogP contribution in [0.1, 0.15) is 11.3 Å². The number of alkyl halides is 3. The van der Waals surface area contributed by atoms with Crippen molar-refractivity contribution < 1.29 is 22.3 Å². The molecule has 0 unspecified atom stereocenters. The van der Waals surface area contributed by atoms with Crippen LogP contribution in [0.4, 0.5) is 17.6 Å². The van der Waals surface area contributed by atoms with Gasteiger partial charge >= 0.3 is 6.18 Å². The van der Waals surface area contributed by atoms with E-state index in [1.165, 1.54) is 12.1 Å². The summed E-state index contributed by atoms with van der Waals surface area (Å²) in [4.78, 5) is 3.71. The first kappa shape index (κ1) is 15.1. The van der Waals surface area contributed by atoms with Crippen molar-refractivity contribution in [3.05, 3.63) is 52.4 Å². The third kappa shape index (κ3) is 3.41. The zero-order chi connectivity index (χ0) is 15.6. The van der Waals surface area contributed by atoms with E-state index < -0.39 is 17.6 Å². The second-order valence-electron chi connectivity index (χ2n) is 3.83. The predicted molar refractivity (Wildman–Crippen MR) is 65.4 cm³/mol. The van der Waals surface area contributed by atoms with E-state index in [1.54, 1.807) is 6.07 Å². The first-order valence-electron chi connectivity index (χ1n) is 5.42. The lowest BCUT2D eigenvalue weighted by atomic mass is 10.2. The number of hydrogen-bond donors (Lipinski definition) is 0. The molecule has 0 aliphatic heterocycles. The van der Waals surface area contributed by atoms with Gasteiger partial charge in [0.15, 0.2) is 5.69 Å². The Bertz CT molecular complexity index is 725. The number of hydrogen-bond acceptors (Lipinski definition) is 3. The number of nitriles is 1. The highest BCUT2D eigenvalue weighted by molar-refractivity contribution is 6.31. The summed E-state index contributed by atoms with van der Waals surface area (Å²) in [5.41, 5.74) is -1.58. The zero-order valence-electron chi connectivity index (χ0n) is 10.1. The van der Waals surface area contributed by atoms with Gasteiger partial charge in [-0.3, -0.25) is 0 Å². The molecular formula is C13H5ClF4N2O. The highest BCUT2D eigenvalue weighted by Crippen LogP contribution is 2.34. The van der Waals surface area contributed by atoms with E-state index in [1.807, 2.05) is 0 Å². The number of pyridine rings is 1. The maximum atomic E-state index is 13.1. The topological polar surface area (TPSA) is 45.9 Å². The molecule has 3 nitrogen and oxygen atoms in total. The van der Waals surface area contributed by atoms with Gasteiger partial charge in [0.05, 0.1) is 10.6 Å². The third-order valence-electron chi connectivity index (χ3n) is 2.39. The Kier molecular flexibility index (Phi) is 4.00. The minimum absolute atomic E-state index is 0.0833. The highest BCUT2D eigenvalue weighted by atomic mass is 35.5. The molecule has 8 heteroatoms. The largest absolute Gasteiger partial charge is 0.439 e. The smallest absolute Gasteiger partial charge is 0.419 e. The molecule has 21 heavy (non-hydrogen) atoms. The Morgan fingerprint density at radius 2 is 1.90 bits per heavy atom. The van der Waals surface area contributed by atoms with E-state index in [0.717, 1.165) is 6.07 Å². The van der Waals surface area contributed by atoms with Crippen molar-refractivity contribution in [2.45, 2.75) is 6.18 Å². The molecule has 0 radical (unpaired) electrons. The lowest BCUT2D eigenvalue weighted by Crippen LogP contribution is -2.08. The van der Waals surface area contributed by atoms with Crippen molar-refractivity contribution in [1.29, 1.82) is 5.26 Å². The van der Waals surface area contributed by atoms with E-state index >= 15 is 0 Å². The molecule has 0 amide bonds. The molecule has 0 N–H and O–H groups in total. The number of ether oxygens (including phenoxy) is 1.